The maximum absolute atomic E-state index is 11.9. The second-order valence-electron chi connectivity index (χ2n) is 4.53. The number of amides is 1. The average Bonchev–Trinajstić information content (AvgIpc) is 2.52. The largest absolute Gasteiger partial charge is 0.497 e. The van der Waals surface area contributed by atoms with Crippen molar-refractivity contribution in [3.63, 3.8) is 0 Å². The van der Waals surface area contributed by atoms with Crippen LogP contribution < -0.4 is 10.1 Å². The van der Waals surface area contributed by atoms with Gasteiger partial charge in [-0.05, 0) is 18.2 Å². The van der Waals surface area contributed by atoms with Crippen molar-refractivity contribution in [2.45, 2.75) is 6.42 Å². The molecular weight excluding hydrogens is 306 g/mol. The minimum atomic E-state index is -3.48. The van der Waals surface area contributed by atoms with Crippen LogP contribution >= 0.6 is 0 Å². The van der Waals surface area contributed by atoms with Crippen LogP contribution in [-0.2, 0) is 10.0 Å². The van der Waals surface area contributed by atoms with Crippen LogP contribution in [-0.4, -0.2) is 51.6 Å². The lowest BCUT2D eigenvalue weighted by Crippen LogP contribution is -2.36. The lowest BCUT2D eigenvalue weighted by Gasteiger charge is -2.15. The Kier molecular flexibility index (Phi) is 6.82. The van der Waals surface area contributed by atoms with Crippen LogP contribution in [0.25, 0.3) is 0 Å². The average molecular weight is 325 g/mol. The van der Waals surface area contributed by atoms with Crippen LogP contribution in [0.15, 0.2) is 24.3 Å². The lowest BCUT2D eigenvalue weighted by molar-refractivity contribution is 0.0955. The maximum atomic E-state index is 11.9. The van der Waals surface area contributed by atoms with E-state index in [0.717, 1.165) is 4.31 Å². The summed E-state index contributed by atoms with van der Waals surface area (Å²) in [4.78, 5) is 11.9. The molecule has 0 aliphatic carbocycles. The summed E-state index contributed by atoms with van der Waals surface area (Å²) >= 11 is 0. The number of ether oxygens (including phenoxy) is 1. The number of nitrogens with one attached hydrogen (secondary N) is 1. The van der Waals surface area contributed by atoms with Gasteiger partial charge in [0, 0.05) is 32.1 Å². The van der Waals surface area contributed by atoms with Crippen LogP contribution in [0.4, 0.5) is 0 Å². The highest BCUT2D eigenvalue weighted by molar-refractivity contribution is 7.89. The van der Waals surface area contributed by atoms with Crippen molar-refractivity contribution in [1.29, 1.82) is 5.26 Å². The lowest BCUT2D eigenvalue weighted by atomic mass is 10.2. The Morgan fingerprint density at radius 1 is 1.45 bits per heavy atom. The normalized spacial score (nSPS) is 11.0. The monoisotopic (exact) mass is 325 g/mol. The van der Waals surface area contributed by atoms with Crippen molar-refractivity contribution in [2.75, 3.05) is 33.0 Å². The molecule has 0 fully saturated rings. The van der Waals surface area contributed by atoms with Gasteiger partial charge in [0.05, 0.1) is 18.9 Å². The molecule has 7 nitrogen and oxygen atoms in total. The van der Waals surface area contributed by atoms with Gasteiger partial charge < -0.3 is 10.1 Å². The van der Waals surface area contributed by atoms with Crippen molar-refractivity contribution in [3.05, 3.63) is 29.8 Å². The van der Waals surface area contributed by atoms with E-state index >= 15 is 0 Å². The molecule has 0 unspecified atom stereocenters. The zero-order chi connectivity index (χ0) is 16.6. The summed E-state index contributed by atoms with van der Waals surface area (Å²) in [5, 5.41) is 11.0. The SMILES string of the molecule is COc1cccc(C(=O)NCCS(=O)(=O)N(C)CCC#N)c1. The van der Waals surface area contributed by atoms with Gasteiger partial charge in [0.2, 0.25) is 10.0 Å². The fourth-order valence-electron chi connectivity index (χ4n) is 1.66. The third-order valence-electron chi connectivity index (χ3n) is 2.99. The number of nitriles is 1. The molecule has 1 amide bonds. The van der Waals surface area contributed by atoms with Crippen LogP contribution in [0.5, 0.6) is 5.75 Å². The molecule has 0 aromatic heterocycles. The first-order chi connectivity index (χ1) is 10.4. The number of hydrogen-bond acceptors (Lipinski definition) is 5. The van der Waals surface area contributed by atoms with Crippen molar-refractivity contribution < 1.29 is 17.9 Å². The molecule has 0 aliphatic heterocycles. The van der Waals surface area contributed by atoms with Crippen LogP contribution in [0.2, 0.25) is 0 Å². The van der Waals surface area contributed by atoms with Gasteiger partial charge in [0.25, 0.3) is 5.91 Å². The predicted molar refractivity (Wildman–Crippen MR) is 82.0 cm³/mol. The zero-order valence-electron chi connectivity index (χ0n) is 12.6. The third kappa shape index (κ3) is 5.35. The summed E-state index contributed by atoms with van der Waals surface area (Å²) in [6.07, 6.45) is 0.131. The molecule has 0 aliphatic rings. The van der Waals surface area contributed by atoms with Crippen LogP contribution in [0, 0.1) is 11.3 Å². The maximum Gasteiger partial charge on any atom is 0.251 e. The fourth-order valence-corrected chi connectivity index (χ4v) is 2.70. The molecule has 0 saturated carbocycles. The summed E-state index contributed by atoms with van der Waals surface area (Å²) in [7, 11) is -0.566. The Hall–Kier alpha value is -2.11. The minimum Gasteiger partial charge on any atom is -0.497 e. The predicted octanol–water partition coefficient (Wildman–Crippen LogP) is 0.600. The quantitative estimate of drug-likeness (QED) is 0.754. The number of benzene rings is 1. The molecule has 0 saturated heterocycles. The molecule has 0 heterocycles. The summed E-state index contributed by atoms with van der Waals surface area (Å²) in [5.41, 5.74) is 0.398. The van der Waals surface area contributed by atoms with Gasteiger partial charge in [-0.15, -0.1) is 0 Å². The highest BCUT2D eigenvalue weighted by Gasteiger charge is 2.17. The van der Waals surface area contributed by atoms with Crippen LogP contribution in [0.1, 0.15) is 16.8 Å². The number of carbonyl (C=O) groups excluding carboxylic acids is 1. The van der Waals surface area contributed by atoms with Crippen LogP contribution in [0.3, 0.4) is 0 Å². The summed E-state index contributed by atoms with van der Waals surface area (Å²) < 4.78 is 29.9. The Labute approximate surface area is 130 Å². The fraction of sp³-hybridized carbons (Fsp3) is 0.429. The number of methoxy groups -OCH3 is 1. The second-order valence-corrected chi connectivity index (χ2v) is 6.73. The second kappa shape index (κ2) is 8.36. The number of nitrogens with zero attached hydrogens (tertiary/aromatic N) is 2. The Balaban J connectivity index is 2.52. The number of carbonyl (C=O) groups is 1. The molecule has 8 heteroatoms. The van der Waals surface area contributed by atoms with Crippen molar-refractivity contribution >= 4 is 15.9 Å². The third-order valence-corrected chi connectivity index (χ3v) is 4.84. The molecule has 0 atom stereocenters. The van der Waals surface area contributed by atoms with Crippen molar-refractivity contribution in [2.24, 2.45) is 0 Å². The van der Waals surface area contributed by atoms with Gasteiger partial charge in [-0.25, -0.2) is 12.7 Å². The molecule has 1 rings (SSSR count). The van der Waals surface area contributed by atoms with E-state index in [1.165, 1.54) is 14.2 Å². The molecule has 1 N–H and O–H groups in total. The molecule has 1 aromatic carbocycles. The first-order valence-electron chi connectivity index (χ1n) is 6.64. The standard InChI is InChI=1S/C14H19N3O4S/c1-17(9-4-7-15)22(19,20)10-8-16-14(18)12-5-3-6-13(11-12)21-2/h3,5-6,11H,4,8-10H2,1-2H3,(H,16,18). The van der Waals surface area contributed by atoms with Gasteiger partial charge in [0.1, 0.15) is 5.75 Å². The van der Waals surface area contributed by atoms with Crippen molar-refractivity contribution in [3.8, 4) is 11.8 Å². The van der Waals surface area contributed by atoms with E-state index in [1.807, 2.05) is 6.07 Å². The van der Waals surface area contributed by atoms with E-state index in [4.69, 9.17) is 10.00 Å². The molecule has 120 valence electrons. The van der Waals surface area contributed by atoms with Gasteiger partial charge in [-0.1, -0.05) is 6.07 Å². The van der Waals surface area contributed by atoms with Crippen molar-refractivity contribution in [1.82, 2.24) is 9.62 Å². The topological polar surface area (TPSA) is 99.5 Å². The zero-order valence-corrected chi connectivity index (χ0v) is 13.4. The number of hydrogen-bond donors (Lipinski definition) is 1. The molecule has 22 heavy (non-hydrogen) atoms. The molecule has 0 bridgehead atoms. The molecule has 0 spiro atoms. The Bertz CT molecular complexity index is 652. The summed E-state index contributed by atoms with van der Waals surface area (Å²) in [6.45, 7) is 0.137. The molecule has 1 aromatic rings. The Morgan fingerprint density at radius 2 is 2.18 bits per heavy atom. The summed E-state index contributed by atoms with van der Waals surface area (Å²) in [6, 6.07) is 8.47. The Morgan fingerprint density at radius 3 is 2.82 bits per heavy atom. The van der Waals surface area contributed by atoms with E-state index in [-0.39, 0.29) is 31.2 Å². The highest BCUT2D eigenvalue weighted by atomic mass is 32.2. The van der Waals surface area contributed by atoms with E-state index in [1.54, 1.807) is 24.3 Å². The van der Waals surface area contributed by atoms with Gasteiger partial charge in [-0.2, -0.15) is 5.26 Å². The van der Waals surface area contributed by atoms with Gasteiger partial charge >= 0.3 is 0 Å². The van der Waals surface area contributed by atoms with E-state index in [9.17, 15) is 13.2 Å². The minimum absolute atomic E-state index is 0.00469. The van der Waals surface area contributed by atoms with E-state index < -0.39 is 10.0 Å². The molecule has 0 radical (unpaired) electrons. The molecular formula is C14H19N3O4S. The smallest absolute Gasteiger partial charge is 0.251 e. The van der Waals surface area contributed by atoms with E-state index in [0.29, 0.717) is 11.3 Å². The van der Waals surface area contributed by atoms with Gasteiger partial charge in [0.15, 0.2) is 0 Å². The number of sulfonamides is 1. The number of rotatable bonds is 8. The highest BCUT2D eigenvalue weighted by Crippen LogP contribution is 2.12. The first-order valence-corrected chi connectivity index (χ1v) is 8.25. The summed E-state index contributed by atoms with van der Waals surface area (Å²) in [5.74, 6) is -0.0322. The van der Waals surface area contributed by atoms with Gasteiger partial charge in [-0.3, -0.25) is 4.79 Å². The van der Waals surface area contributed by atoms with E-state index in [2.05, 4.69) is 5.32 Å². The first kappa shape index (κ1) is 17.9.